The average molecular weight is 145 g/mol. The number of rotatable bonds is 4. The monoisotopic (exact) mass is 145 g/mol. The Hall–Kier alpha value is -0.870. The van der Waals surface area contributed by atoms with Gasteiger partial charge in [-0.2, -0.15) is 4.89 Å². The molecule has 0 aliphatic heterocycles. The zero-order valence-corrected chi connectivity index (χ0v) is 5.92. The van der Waals surface area contributed by atoms with Crippen molar-refractivity contribution in [2.45, 2.75) is 6.92 Å². The predicted molar refractivity (Wildman–Crippen MR) is 35.9 cm³/mol. The lowest BCUT2D eigenvalue weighted by molar-refractivity contribution is -0.266. The van der Waals surface area contributed by atoms with E-state index in [-0.39, 0.29) is 6.61 Å². The largest absolute Gasteiger partial charge is 0.368 e. The second-order valence-electron chi connectivity index (χ2n) is 1.76. The first-order chi connectivity index (χ1) is 4.68. The predicted octanol–water partition coefficient (Wildman–Crippen LogP) is -0.00400. The highest BCUT2D eigenvalue weighted by molar-refractivity contribution is 5.86. The highest BCUT2D eigenvalue weighted by Gasteiger charge is 2.02. The molecule has 0 fully saturated rings. The van der Waals surface area contributed by atoms with Gasteiger partial charge in [0, 0.05) is 12.1 Å². The van der Waals surface area contributed by atoms with Crippen LogP contribution in [-0.4, -0.2) is 19.1 Å². The molecule has 4 nitrogen and oxygen atoms in total. The lowest BCUT2D eigenvalue weighted by Crippen LogP contribution is -2.12. The fourth-order valence-electron chi connectivity index (χ4n) is 0.214. The van der Waals surface area contributed by atoms with Gasteiger partial charge in [0.25, 0.3) is 0 Å². The van der Waals surface area contributed by atoms with Crippen molar-refractivity contribution in [3.05, 3.63) is 12.2 Å². The van der Waals surface area contributed by atoms with Crippen LogP contribution in [0.25, 0.3) is 0 Å². The van der Waals surface area contributed by atoms with Crippen LogP contribution in [0.5, 0.6) is 0 Å². The number of hydrogen-bond donors (Lipinski definition) is 1. The third kappa shape index (κ3) is 4.05. The molecule has 0 aliphatic rings. The molecule has 0 saturated carbocycles. The highest BCUT2D eigenvalue weighted by Crippen LogP contribution is 1.91. The first kappa shape index (κ1) is 9.13. The minimum absolute atomic E-state index is 0.207. The van der Waals surface area contributed by atoms with Crippen LogP contribution in [0.2, 0.25) is 0 Å². The van der Waals surface area contributed by atoms with Crippen molar-refractivity contribution >= 4 is 5.97 Å². The molecule has 0 aliphatic carbocycles. The van der Waals surface area contributed by atoms with Crippen LogP contribution < -0.4 is 5.73 Å². The van der Waals surface area contributed by atoms with Gasteiger partial charge in [-0.25, -0.2) is 4.79 Å². The summed E-state index contributed by atoms with van der Waals surface area (Å²) in [6.07, 6.45) is 0. The third-order valence-corrected chi connectivity index (χ3v) is 0.684. The summed E-state index contributed by atoms with van der Waals surface area (Å²) in [5.41, 5.74) is 5.35. The van der Waals surface area contributed by atoms with Crippen molar-refractivity contribution in [2.75, 3.05) is 13.2 Å². The van der Waals surface area contributed by atoms with Crippen molar-refractivity contribution in [1.29, 1.82) is 0 Å². The Bertz CT molecular complexity index is 133. The van der Waals surface area contributed by atoms with E-state index in [0.29, 0.717) is 12.1 Å². The minimum atomic E-state index is -0.562. The summed E-state index contributed by atoms with van der Waals surface area (Å²) >= 11 is 0. The van der Waals surface area contributed by atoms with Gasteiger partial charge in [-0.3, -0.25) is 4.89 Å². The van der Waals surface area contributed by atoms with Crippen molar-refractivity contribution in [3.63, 3.8) is 0 Å². The smallest absolute Gasteiger partial charge is 0.328 e. The van der Waals surface area contributed by atoms with Crippen LogP contribution in [0, 0.1) is 0 Å². The van der Waals surface area contributed by atoms with Gasteiger partial charge in [-0.15, -0.1) is 0 Å². The molecule has 10 heavy (non-hydrogen) atoms. The topological polar surface area (TPSA) is 61.5 Å². The molecule has 0 rings (SSSR count). The summed E-state index contributed by atoms with van der Waals surface area (Å²) in [7, 11) is 0. The number of nitrogens with two attached hydrogens (primary N) is 1. The van der Waals surface area contributed by atoms with Gasteiger partial charge in [0.15, 0.2) is 0 Å². The summed E-state index contributed by atoms with van der Waals surface area (Å²) in [5, 5.41) is 0. The van der Waals surface area contributed by atoms with E-state index in [1.807, 2.05) is 0 Å². The van der Waals surface area contributed by atoms with Gasteiger partial charge in [-0.05, 0) is 6.92 Å². The van der Waals surface area contributed by atoms with E-state index in [9.17, 15) is 4.79 Å². The zero-order chi connectivity index (χ0) is 7.98. The van der Waals surface area contributed by atoms with Gasteiger partial charge < -0.3 is 5.73 Å². The van der Waals surface area contributed by atoms with E-state index in [2.05, 4.69) is 16.4 Å². The van der Waals surface area contributed by atoms with E-state index in [4.69, 9.17) is 5.73 Å². The van der Waals surface area contributed by atoms with Crippen molar-refractivity contribution in [2.24, 2.45) is 5.73 Å². The molecule has 0 atom stereocenters. The molecular formula is C6H11NO3. The lowest BCUT2D eigenvalue weighted by atomic mass is 10.4. The Morgan fingerprint density at radius 2 is 2.30 bits per heavy atom. The van der Waals surface area contributed by atoms with Crippen molar-refractivity contribution in [3.8, 4) is 0 Å². The fourth-order valence-corrected chi connectivity index (χ4v) is 0.214. The Labute approximate surface area is 59.5 Å². The van der Waals surface area contributed by atoms with Crippen LogP contribution in [0.1, 0.15) is 6.92 Å². The van der Waals surface area contributed by atoms with E-state index in [1.54, 1.807) is 0 Å². The van der Waals surface area contributed by atoms with Gasteiger partial charge >= 0.3 is 5.97 Å². The molecule has 4 heteroatoms. The summed E-state index contributed by atoms with van der Waals surface area (Å²) < 4.78 is 0. The highest BCUT2D eigenvalue weighted by atomic mass is 17.2. The van der Waals surface area contributed by atoms with Crippen molar-refractivity contribution in [1.82, 2.24) is 0 Å². The maximum Gasteiger partial charge on any atom is 0.368 e. The first-order valence-electron chi connectivity index (χ1n) is 2.88. The van der Waals surface area contributed by atoms with Crippen LogP contribution >= 0.6 is 0 Å². The normalized spacial score (nSPS) is 9.00. The van der Waals surface area contributed by atoms with Crippen LogP contribution in [0.15, 0.2) is 12.2 Å². The molecule has 2 N–H and O–H groups in total. The molecule has 0 aromatic rings. The summed E-state index contributed by atoms with van der Waals surface area (Å²) in [4.78, 5) is 19.1. The number of carbonyl (C=O) groups excluding carboxylic acids is 1. The summed E-state index contributed by atoms with van der Waals surface area (Å²) in [5.74, 6) is -0.562. The maximum absolute atomic E-state index is 10.5. The molecule has 0 aromatic heterocycles. The second-order valence-corrected chi connectivity index (χ2v) is 1.76. The van der Waals surface area contributed by atoms with Crippen molar-refractivity contribution < 1.29 is 14.6 Å². The van der Waals surface area contributed by atoms with Crippen LogP contribution in [-0.2, 0) is 14.6 Å². The zero-order valence-electron chi connectivity index (χ0n) is 5.92. The van der Waals surface area contributed by atoms with Gasteiger partial charge in [0.05, 0.1) is 0 Å². The molecule has 0 bridgehead atoms. The van der Waals surface area contributed by atoms with Gasteiger partial charge in [0.2, 0.25) is 0 Å². The van der Waals surface area contributed by atoms with E-state index in [1.165, 1.54) is 6.92 Å². The molecular weight excluding hydrogens is 134 g/mol. The lowest BCUT2D eigenvalue weighted by Gasteiger charge is -1.99. The maximum atomic E-state index is 10.5. The van der Waals surface area contributed by atoms with E-state index >= 15 is 0 Å². The third-order valence-electron chi connectivity index (χ3n) is 0.684. The molecule has 0 saturated heterocycles. The SMILES string of the molecule is C=C(C)C(=O)OOCCN. The molecule has 0 radical (unpaired) electrons. The quantitative estimate of drug-likeness (QED) is 0.262. The molecule has 0 unspecified atom stereocenters. The second kappa shape index (κ2) is 4.96. The van der Waals surface area contributed by atoms with Gasteiger partial charge in [-0.1, -0.05) is 6.58 Å². The van der Waals surface area contributed by atoms with Crippen LogP contribution in [0.4, 0.5) is 0 Å². The molecule has 58 valence electrons. The fraction of sp³-hybridized carbons (Fsp3) is 0.500. The summed E-state index contributed by atoms with van der Waals surface area (Å²) in [6, 6.07) is 0. The molecule has 0 spiro atoms. The van der Waals surface area contributed by atoms with Gasteiger partial charge in [0.1, 0.15) is 6.61 Å². The average Bonchev–Trinajstić information content (AvgIpc) is 1.88. The Balaban J connectivity index is 3.31. The molecule has 0 amide bonds. The Morgan fingerprint density at radius 1 is 1.70 bits per heavy atom. The standard InChI is InChI=1S/C6H11NO3/c1-5(2)6(8)10-9-4-3-7/h1,3-4,7H2,2H3. The van der Waals surface area contributed by atoms with E-state index in [0.717, 1.165) is 0 Å². The Morgan fingerprint density at radius 3 is 2.70 bits per heavy atom. The van der Waals surface area contributed by atoms with Crippen LogP contribution in [0.3, 0.4) is 0 Å². The summed E-state index contributed by atoms with van der Waals surface area (Å²) in [6.45, 7) is 5.41. The molecule has 0 aromatic carbocycles. The van der Waals surface area contributed by atoms with E-state index < -0.39 is 5.97 Å². The first-order valence-corrected chi connectivity index (χ1v) is 2.88. The number of carbonyl (C=O) groups is 1. The minimum Gasteiger partial charge on any atom is -0.328 e. The Kier molecular flexibility index (Phi) is 4.53. The molecule has 0 heterocycles. The number of hydrogen-bond acceptors (Lipinski definition) is 4.